The van der Waals surface area contributed by atoms with Crippen LogP contribution in [0.15, 0.2) is 30.7 Å². The Bertz CT molecular complexity index is 562. The van der Waals surface area contributed by atoms with Crippen LogP contribution in [-0.4, -0.2) is 20.9 Å². The van der Waals surface area contributed by atoms with Crippen LogP contribution in [0.2, 0.25) is 10.2 Å². The topological polar surface area (TPSA) is 67.8 Å². The van der Waals surface area contributed by atoms with Gasteiger partial charge in [0.15, 0.2) is 5.82 Å². The molecule has 5 nitrogen and oxygen atoms in total. The van der Waals surface area contributed by atoms with Crippen molar-refractivity contribution in [3.8, 4) is 0 Å². The van der Waals surface area contributed by atoms with Crippen molar-refractivity contribution in [2.75, 3.05) is 5.32 Å². The third-order valence-electron chi connectivity index (χ3n) is 1.83. The standard InChI is InChI=1S/C10H6Cl2N4O/c11-6-2-1-3-14-9(6)16-10(17)7-4-13-5-8(12)15-7/h1-5H,(H,14,16,17). The van der Waals surface area contributed by atoms with Crippen LogP contribution in [0, 0.1) is 0 Å². The van der Waals surface area contributed by atoms with E-state index in [4.69, 9.17) is 23.2 Å². The normalized spacial score (nSPS) is 10.0. The van der Waals surface area contributed by atoms with Crippen molar-refractivity contribution in [2.24, 2.45) is 0 Å². The number of anilines is 1. The maximum absolute atomic E-state index is 11.7. The SMILES string of the molecule is O=C(Nc1ncccc1Cl)c1cncc(Cl)n1. The van der Waals surface area contributed by atoms with Crippen molar-refractivity contribution in [3.63, 3.8) is 0 Å². The molecule has 0 aromatic carbocycles. The summed E-state index contributed by atoms with van der Waals surface area (Å²) in [7, 11) is 0. The summed E-state index contributed by atoms with van der Waals surface area (Å²) in [4.78, 5) is 23.2. The number of hydrogen-bond acceptors (Lipinski definition) is 4. The zero-order valence-corrected chi connectivity index (χ0v) is 9.90. The lowest BCUT2D eigenvalue weighted by Gasteiger charge is -2.04. The van der Waals surface area contributed by atoms with E-state index in [9.17, 15) is 4.79 Å². The second-order valence-corrected chi connectivity index (χ2v) is 3.81. The van der Waals surface area contributed by atoms with Crippen molar-refractivity contribution in [2.45, 2.75) is 0 Å². The molecule has 2 rings (SSSR count). The molecule has 86 valence electrons. The number of aromatic nitrogens is 3. The Kier molecular flexibility index (Phi) is 3.51. The molecule has 0 aliphatic carbocycles. The predicted molar refractivity (Wildman–Crippen MR) is 64.2 cm³/mol. The van der Waals surface area contributed by atoms with Crippen LogP contribution in [0.4, 0.5) is 5.82 Å². The highest BCUT2D eigenvalue weighted by atomic mass is 35.5. The lowest BCUT2D eigenvalue weighted by molar-refractivity contribution is 0.102. The average molecular weight is 269 g/mol. The second kappa shape index (κ2) is 5.07. The largest absolute Gasteiger partial charge is 0.304 e. The van der Waals surface area contributed by atoms with Crippen LogP contribution in [0.25, 0.3) is 0 Å². The van der Waals surface area contributed by atoms with Crippen molar-refractivity contribution in [1.82, 2.24) is 15.0 Å². The smallest absolute Gasteiger partial charge is 0.277 e. The van der Waals surface area contributed by atoms with Crippen molar-refractivity contribution in [3.05, 3.63) is 46.6 Å². The number of pyridine rings is 1. The predicted octanol–water partition coefficient (Wildman–Crippen LogP) is 2.43. The van der Waals surface area contributed by atoms with E-state index in [1.54, 1.807) is 12.1 Å². The Labute approximate surface area is 107 Å². The van der Waals surface area contributed by atoms with E-state index in [0.717, 1.165) is 0 Å². The number of rotatable bonds is 2. The molecule has 0 aliphatic heterocycles. The highest BCUT2D eigenvalue weighted by Gasteiger charge is 2.11. The zero-order chi connectivity index (χ0) is 12.3. The molecule has 1 amide bonds. The molecule has 0 bridgehead atoms. The fourth-order valence-electron chi connectivity index (χ4n) is 1.10. The highest BCUT2D eigenvalue weighted by molar-refractivity contribution is 6.33. The van der Waals surface area contributed by atoms with Gasteiger partial charge >= 0.3 is 0 Å². The molecule has 0 radical (unpaired) electrons. The summed E-state index contributed by atoms with van der Waals surface area (Å²) in [6, 6.07) is 3.28. The minimum atomic E-state index is -0.472. The average Bonchev–Trinajstić information content (AvgIpc) is 2.32. The first-order valence-corrected chi connectivity index (χ1v) is 5.32. The van der Waals surface area contributed by atoms with Gasteiger partial charge in [0, 0.05) is 6.20 Å². The summed E-state index contributed by atoms with van der Waals surface area (Å²) < 4.78 is 0. The van der Waals surface area contributed by atoms with Crippen LogP contribution in [0.5, 0.6) is 0 Å². The second-order valence-electron chi connectivity index (χ2n) is 3.01. The summed E-state index contributed by atoms with van der Waals surface area (Å²) in [6.45, 7) is 0. The minimum absolute atomic E-state index is 0.0965. The summed E-state index contributed by atoms with van der Waals surface area (Å²) >= 11 is 11.5. The third-order valence-corrected chi connectivity index (χ3v) is 2.32. The van der Waals surface area contributed by atoms with E-state index in [1.165, 1.54) is 18.6 Å². The van der Waals surface area contributed by atoms with Crippen molar-refractivity contribution < 1.29 is 4.79 Å². The van der Waals surface area contributed by atoms with Gasteiger partial charge in [0.1, 0.15) is 10.8 Å². The van der Waals surface area contributed by atoms with Crippen LogP contribution >= 0.6 is 23.2 Å². The Morgan fingerprint density at radius 3 is 2.82 bits per heavy atom. The fraction of sp³-hybridized carbons (Fsp3) is 0. The summed E-state index contributed by atoms with van der Waals surface area (Å²) in [5.74, 6) is -0.207. The van der Waals surface area contributed by atoms with Crippen LogP contribution < -0.4 is 5.32 Å². The molecule has 0 atom stereocenters. The highest BCUT2D eigenvalue weighted by Crippen LogP contribution is 2.17. The van der Waals surface area contributed by atoms with Gasteiger partial charge in [0.25, 0.3) is 5.91 Å². The number of halogens is 2. The van der Waals surface area contributed by atoms with Gasteiger partial charge in [-0.1, -0.05) is 23.2 Å². The first-order valence-electron chi connectivity index (χ1n) is 4.56. The van der Waals surface area contributed by atoms with Gasteiger partial charge in [-0.3, -0.25) is 9.78 Å². The molecule has 0 spiro atoms. The quantitative estimate of drug-likeness (QED) is 0.909. The van der Waals surface area contributed by atoms with Gasteiger partial charge in [-0.15, -0.1) is 0 Å². The first kappa shape index (κ1) is 11.8. The Hall–Kier alpha value is -1.72. The van der Waals surface area contributed by atoms with Gasteiger partial charge in [-0.05, 0) is 12.1 Å². The minimum Gasteiger partial charge on any atom is -0.304 e. The number of nitrogens with one attached hydrogen (secondary N) is 1. The lowest BCUT2D eigenvalue weighted by atomic mass is 10.4. The van der Waals surface area contributed by atoms with E-state index in [2.05, 4.69) is 20.3 Å². The molecule has 2 aromatic rings. The molecular weight excluding hydrogens is 263 g/mol. The molecule has 0 unspecified atom stereocenters. The number of carbonyl (C=O) groups excluding carboxylic acids is 1. The van der Waals surface area contributed by atoms with Crippen molar-refractivity contribution >= 4 is 34.9 Å². The Morgan fingerprint density at radius 1 is 1.29 bits per heavy atom. The van der Waals surface area contributed by atoms with Gasteiger partial charge in [0.05, 0.1) is 17.4 Å². The Morgan fingerprint density at radius 2 is 2.12 bits per heavy atom. The molecule has 1 N–H and O–H groups in total. The number of carbonyl (C=O) groups is 1. The number of hydrogen-bond donors (Lipinski definition) is 1. The molecule has 17 heavy (non-hydrogen) atoms. The van der Waals surface area contributed by atoms with E-state index in [-0.39, 0.29) is 16.7 Å². The van der Waals surface area contributed by atoms with E-state index < -0.39 is 5.91 Å². The molecule has 0 saturated carbocycles. The van der Waals surface area contributed by atoms with Crippen LogP contribution in [0.3, 0.4) is 0 Å². The number of nitrogens with zero attached hydrogens (tertiary/aromatic N) is 3. The molecule has 2 heterocycles. The summed E-state index contributed by atoms with van der Waals surface area (Å²) in [5, 5.41) is 3.00. The number of amides is 1. The van der Waals surface area contributed by atoms with Crippen LogP contribution in [-0.2, 0) is 0 Å². The lowest BCUT2D eigenvalue weighted by Crippen LogP contribution is -2.15. The van der Waals surface area contributed by atoms with Gasteiger partial charge in [-0.25, -0.2) is 9.97 Å². The molecular formula is C10H6Cl2N4O. The van der Waals surface area contributed by atoms with E-state index in [0.29, 0.717) is 5.02 Å². The van der Waals surface area contributed by atoms with Gasteiger partial charge in [-0.2, -0.15) is 0 Å². The van der Waals surface area contributed by atoms with Crippen LogP contribution in [0.1, 0.15) is 10.5 Å². The van der Waals surface area contributed by atoms with Gasteiger partial charge in [0.2, 0.25) is 0 Å². The van der Waals surface area contributed by atoms with E-state index in [1.807, 2.05) is 0 Å². The molecule has 7 heteroatoms. The third kappa shape index (κ3) is 2.89. The Balaban J connectivity index is 2.20. The van der Waals surface area contributed by atoms with Gasteiger partial charge < -0.3 is 5.32 Å². The van der Waals surface area contributed by atoms with Crippen molar-refractivity contribution in [1.29, 1.82) is 0 Å². The monoisotopic (exact) mass is 268 g/mol. The molecule has 2 aromatic heterocycles. The molecule has 0 saturated heterocycles. The summed E-state index contributed by atoms with van der Waals surface area (Å²) in [6.07, 6.45) is 4.16. The molecule has 0 aliphatic rings. The fourth-order valence-corrected chi connectivity index (χ4v) is 1.42. The molecule has 0 fully saturated rings. The summed E-state index contributed by atoms with van der Waals surface area (Å²) in [5.41, 5.74) is 0.0965. The van der Waals surface area contributed by atoms with E-state index >= 15 is 0 Å². The maximum Gasteiger partial charge on any atom is 0.277 e. The first-order chi connectivity index (χ1) is 8.16. The maximum atomic E-state index is 11.7. The zero-order valence-electron chi connectivity index (χ0n) is 8.39.